The zero-order valence-corrected chi connectivity index (χ0v) is 16.0. The number of carbonyl (C=O) groups excluding carboxylic acids is 1. The van der Waals surface area contributed by atoms with Gasteiger partial charge in [-0.15, -0.1) is 11.8 Å². The molecule has 0 atom stereocenters. The predicted octanol–water partition coefficient (Wildman–Crippen LogP) is 5.49. The van der Waals surface area contributed by atoms with E-state index in [2.05, 4.69) is 0 Å². The van der Waals surface area contributed by atoms with Crippen molar-refractivity contribution in [3.8, 4) is 0 Å². The summed E-state index contributed by atoms with van der Waals surface area (Å²) in [5, 5.41) is 10.2. The van der Waals surface area contributed by atoms with Gasteiger partial charge in [0.2, 0.25) is 0 Å². The molecule has 0 aromatic heterocycles. The highest BCUT2D eigenvalue weighted by molar-refractivity contribution is 7.99. The zero-order valence-electron chi connectivity index (χ0n) is 14.4. The third-order valence-corrected chi connectivity index (χ3v) is 5.37. The van der Waals surface area contributed by atoms with Crippen molar-refractivity contribution in [1.29, 1.82) is 0 Å². The Hall–Kier alpha value is -1.92. The molecule has 0 aliphatic rings. The summed E-state index contributed by atoms with van der Waals surface area (Å²) in [4.78, 5) is 13.5. The molecule has 0 fully saturated rings. The summed E-state index contributed by atoms with van der Waals surface area (Å²) in [6.07, 6.45) is -10.8. The van der Waals surface area contributed by atoms with Crippen molar-refractivity contribution in [2.24, 2.45) is 0 Å². The number of rotatable bonds is 5. The molecule has 158 valence electrons. The number of hydrogen-bond donors (Lipinski definition) is 2. The summed E-state index contributed by atoms with van der Waals surface area (Å²) >= 11 is 2.60. The molecule has 2 aromatic rings. The molecule has 1 amide bonds. The van der Waals surface area contributed by atoms with E-state index in [1.807, 2.05) is 18.4 Å². The topological polar surface area (TPSA) is 49.3 Å². The van der Waals surface area contributed by atoms with Crippen molar-refractivity contribution in [2.75, 3.05) is 11.6 Å². The molecule has 0 aliphatic heterocycles. The van der Waals surface area contributed by atoms with Gasteiger partial charge >= 0.3 is 18.0 Å². The molecular formula is C17H12F7NO2S2. The van der Waals surface area contributed by atoms with Crippen LogP contribution in [0.3, 0.4) is 0 Å². The van der Waals surface area contributed by atoms with E-state index in [4.69, 9.17) is 5.11 Å². The number of nitrogens with one attached hydrogen (secondary N) is 1. The lowest BCUT2D eigenvalue weighted by Gasteiger charge is -2.30. The first-order valence-corrected chi connectivity index (χ1v) is 9.62. The number of hydrogen-bond acceptors (Lipinski definition) is 4. The summed E-state index contributed by atoms with van der Waals surface area (Å²) in [5.74, 6) is -4.12. The van der Waals surface area contributed by atoms with Crippen molar-refractivity contribution in [2.45, 2.75) is 32.6 Å². The molecule has 0 spiro atoms. The van der Waals surface area contributed by atoms with Crippen LogP contribution in [0, 0.1) is 5.82 Å². The molecule has 2 rings (SSSR count). The van der Waals surface area contributed by atoms with Crippen LogP contribution in [0.4, 0.5) is 36.4 Å². The Morgan fingerprint density at radius 2 is 1.38 bits per heavy atom. The Balaban J connectivity index is 2.22. The molecule has 0 unspecified atom stereocenters. The van der Waals surface area contributed by atoms with E-state index in [1.54, 1.807) is 12.1 Å². The number of aliphatic hydroxyl groups is 1. The predicted molar refractivity (Wildman–Crippen MR) is 94.4 cm³/mol. The van der Waals surface area contributed by atoms with Gasteiger partial charge in [0.15, 0.2) is 0 Å². The van der Waals surface area contributed by atoms with Gasteiger partial charge < -0.3 is 10.4 Å². The van der Waals surface area contributed by atoms with Gasteiger partial charge in [-0.25, -0.2) is 4.39 Å². The Morgan fingerprint density at radius 1 is 0.897 bits per heavy atom. The van der Waals surface area contributed by atoms with Gasteiger partial charge in [0.1, 0.15) is 5.82 Å². The van der Waals surface area contributed by atoms with E-state index in [0.29, 0.717) is 9.79 Å². The van der Waals surface area contributed by atoms with Crippen molar-refractivity contribution in [1.82, 2.24) is 0 Å². The average molecular weight is 459 g/mol. The Labute approximate surface area is 168 Å². The number of thioether (sulfide) groups is 1. The number of carbonyl (C=O) groups is 1. The van der Waals surface area contributed by atoms with Crippen molar-refractivity contribution in [3.63, 3.8) is 0 Å². The van der Waals surface area contributed by atoms with Gasteiger partial charge in [0.25, 0.3) is 5.91 Å². The van der Waals surface area contributed by atoms with E-state index >= 15 is 0 Å². The van der Waals surface area contributed by atoms with Crippen LogP contribution in [0.2, 0.25) is 0 Å². The van der Waals surface area contributed by atoms with Crippen LogP contribution in [-0.4, -0.2) is 35.2 Å². The fourth-order valence-electron chi connectivity index (χ4n) is 2.07. The van der Waals surface area contributed by atoms with Crippen LogP contribution in [0.15, 0.2) is 57.2 Å². The monoisotopic (exact) mass is 459 g/mol. The summed E-state index contributed by atoms with van der Waals surface area (Å²) < 4.78 is 90.2. The normalized spacial score (nSPS) is 12.7. The second-order valence-electron chi connectivity index (χ2n) is 5.58. The first-order valence-electron chi connectivity index (χ1n) is 7.58. The SMILES string of the molecule is CSc1ccc(Sc2ccc(NC(=O)C(O)(C(F)(F)F)C(F)(F)F)c(F)c2)cc1. The first-order chi connectivity index (χ1) is 13.3. The summed E-state index contributed by atoms with van der Waals surface area (Å²) in [5.41, 5.74) is -6.62. The third-order valence-electron chi connectivity index (χ3n) is 3.63. The van der Waals surface area contributed by atoms with Gasteiger partial charge in [-0.3, -0.25) is 4.79 Å². The Bertz CT molecular complexity index is 869. The Morgan fingerprint density at radius 3 is 1.83 bits per heavy atom. The third kappa shape index (κ3) is 4.98. The van der Waals surface area contributed by atoms with Crippen LogP contribution in [0.25, 0.3) is 0 Å². The number of anilines is 1. The second kappa shape index (κ2) is 8.44. The highest BCUT2D eigenvalue weighted by Crippen LogP contribution is 2.44. The highest BCUT2D eigenvalue weighted by atomic mass is 32.2. The molecule has 2 N–H and O–H groups in total. The number of alkyl halides is 6. The van der Waals surface area contributed by atoms with Crippen LogP contribution < -0.4 is 5.32 Å². The molecule has 0 saturated heterocycles. The maximum atomic E-state index is 14.1. The van der Waals surface area contributed by atoms with Gasteiger partial charge in [0.05, 0.1) is 5.69 Å². The lowest BCUT2D eigenvalue weighted by Crippen LogP contribution is -2.64. The number of amides is 1. The fourth-order valence-corrected chi connectivity index (χ4v) is 3.32. The minimum Gasteiger partial charge on any atom is -0.366 e. The van der Waals surface area contributed by atoms with Gasteiger partial charge in [-0.1, -0.05) is 11.8 Å². The van der Waals surface area contributed by atoms with Crippen molar-refractivity contribution < 1.29 is 40.6 Å². The quantitative estimate of drug-likeness (QED) is 0.459. The van der Waals surface area contributed by atoms with Crippen LogP contribution >= 0.6 is 23.5 Å². The largest absolute Gasteiger partial charge is 0.435 e. The first kappa shape index (κ1) is 23.4. The molecule has 0 saturated carbocycles. The molecule has 29 heavy (non-hydrogen) atoms. The van der Waals surface area contributed by atoms with E-state index < -0.39 is 35.4 Å². The average Bonchev–Trinajstić information content (AvgIpc) is 2.62. The van der Waals surface area contributed by atoms with Crippen LogP contribution in [0.1, 0.15) is 0 Å². The molecule has 12 heteroatoms. The summed E-state index contributed by atoms with van der Waals surface area (Å²) in [7, 11) is 0. The minimum atomic E-state index is -6.36. The second-order valence-corrected chi connectivity index (χ2v) is 7.61. The maximum Gasteiger partial charge on any atom is 0.435 e. The van der Waals surface area contributed by atoms with E-state index in [-0.39, 0.29) is 0 Å². The van der Waals surface area contributed by atoms with E-state index in [0.717, 1.165) is 34.1 Å². The van der Waals surface area contributed by atoms with Gasteiger partial charge in [-0.2, -0.15) is 26.3 Å². The van der Waals surface area contributed by atoms with Gasteiger partial charge in [0, 0.05) is 14.7 Å². The Kier molecular flexibility index (Phi) is 6.80. The van der Waals surface area contributed by atoms with Crippen molar-refractivity contribution in [3.05, 3.63) is 48.3 Å². The minimum absolute atomic E-state index is 0.291. The highest BCUT2D eigenvalue weighted by Gasteiger charge is 2.75. The van der Waals surface area contributed by atoms with Gasteiger partial charge in [-0.05, 0) is 48.7 Å². The number of benzene rings is 2. The molecule has 2 aromatic carbocycles. The molecule has 3 nitrogen and oxygen atoms in total. The molecule has 0 heterocycles. The zero-order chi connectivity index (χ0) is 22.0. The fraction of sp³-hybridized carbons (Fsp3) is 0.235. The van der Waals surface area contributed by atoms with Crippen LogP contribution in [-0.2, 0) is 4.79 Å². The number of halogens is 7. The molecular weight excluding hydrogens is 447 g/mol. The van der Waals surface area contributed by atoms with E-state index in [1.165, 1.54) is 17.8 Å². The molecule has 0 aliphatic carbocycles. The lowest BCUT2D eigenvalue weighted by molar-refractivity contribution is -0.348. The maximum absolute atomic E-state index is 14.1. The standard InChI is InChI=1S/C17H12F7NO2S2/c1-28-9-2-4-10(5-3-9)29-11-6-7-13(12(18)8-11)25-14(26)15(27,16(19,20)21)17(22,23)24/h2-8,27H,1H3,(H,25,26). The van der Waals surface area contributed by atoms with E-state index in [9.17, 15) is 35.5 Å². The van der Waals surface area contributed by atoms with Crippen LogP contribution in [0.5, 0.6) is 0 Å². The molecule has 0 bridgehead atoms. The summed E-state index contributed by atoms with van der Waals surface area (Å²) in [6, 6.07) is 9.96. The summed E-state index contributed by atoms with van der Waals surface area (Å²) in [6.45, 7) is 0. The van der Waals surface area contributed by atoms with Crippen molar-refractivity contribution >= 4 is 35.1 Å². The smallest absolute Gasteiger partial charge is 0.366 e. The lowest BCUT2D eigenvalue weighted by atomic mass is 10.0. The molecule has 0 radical (unpaired) electrons.